The Bertz CT molecular complexity index is 492. The SMILES string of the molecule is OCCCOc1cncc(N2CCC[C@H](N3CCCCCC3)C2)n1. The molecular formula is C18H30N4O2. The molecule has 134 valence electrons. The molecule has 0 saturated carbocycles. The van der Waals surface area contributed by atoms with Crippen molar-refractivity contribution in [2.45, 2.75) is 51.0 Å². The lowest BCUT2D eigenvalue weighted by Gasteiger charge is -2.39. The van der Waals surface area contributed by atoms with E-state index in [1.807, 2.05) is 6.20 Å². The maximum Gasteiger partial charge on any atom is 0.234 e. The second-order valence-corrected chi connectivity index (χ2v) is 6.83. The maximum absolute atomic E-state index is 8.85. The van der Waals surface area contributed by atoms with Crippen LogP contribution in [0.15, 0.2) is 12.4 Å². The Hall–Kier alpha value is -1.40. The largest absolute Gasteiger partial charge is 0.476 e. The van der Waals surface area contributed by atoms with Gasteiger partial charge in [-0.1, -0.05) is 12.8 Å². The molecule has 3 rings (SSSR count). The van der Waals surface area contributed by atoms with E-state index in [1.54, 1.807) is 6.20 Å². The number of piperidine rings is 1. The lowest BCUT2D eigenvalue weighted by Crippen LogP contribution is -2.48. The van der Waals surface area contributed by atoms with E-state index >= 15 is 0 Å². The molecule has 1 atom stereocenters. The molecule has 1 aromatic heterocycles. The van der Waals surface area contributed by atoms with Crippen molar-refractivity contribution in [2.24, 2.45) is 0 Å². The second kappa shape index (κ2) is 9.18. The first-order valence-electron chi connectivity index (χ1n) is 9.41. The number of hydrogen-bond donors (Lipinski definition) is 1. The first-order valence-corrected chi connectivity index (χ1v) is 9.41. The van der Waals surface area contributed by atoms with Crippen LogP contribution >= 0.6 is 0 Å². The number of ether oxygens (including phenoxy) is 1. The summed E-state index contributed by atoms with van der Waals surface area (Å²) in [5, 5.41) is 8.85. The van der Waals surface area contributed by atoms with E-state index in [2.05, 4.69) is 19.8 Å². The summed E-state index contributed by atoms with van der Waals surface area (Å²) in [7, 11) is 0. The third kappa shape index (κ3) is 4.80. The molecule has 0 aliphatic carbocycles. The molecule has 2 fully saturated rings. The fourth-order valence-electron chi connectivity index (χ4n) is 3.72. The summed E-state index contributed by atoms with van der Waals surface area (Å²) in [6.45, 7) is 5.18. The van der Waals surface area contributed by atoms with Gasteiger partial charge < -0.3 is 14.7 Å². The normalized spacial score (nSPS) is 23.0. The Morgan fingerprint density at radius 2 is 1.92 bits per heavy atom. The number of likely N-dealkylation sites (tertiary alicyclic amines) is 1. The molecule has 24 heavy (non-hydrogen) atoms. The van der Waals surface area contributed by atoms with Crippen LogP contribution in [0.25, 0.3) is 0 Å². The van der Waals surface area contributed by atoms with Crippen LogP contribution in [0.1, 0.15) is 44.9 Å². The number of rotatable bonds is 6. The van der Waals surface area contributed by atoms with Crippen molar-refractivity contribution in [3.05, 3.63) is 12.4 Å². The minimum atomic E-state index is 0.136. The summed E-state index contributed by atoms with van der Waals surface area (Å²) in [5.41, 5.74) is 0. The summed E-state index contributed by atoms with van der Waals surface area (Å²) in [6.07, 6.45) is 12.0. The molecule has 1 aromatic rings. The highest BCUT2D eigenvalue weighted by molar-refractivity contribution is 5.38. The minimum Gasteiger partial charge on any atom is -0.476 e. The summed E-state index contributed by atoms with van der Waals surface area (Å²) in [6, 6.07) is 0.637. The summed E-state index contributed by atoms with van der Waals surface area (Å²) < 4.78 is 5.57. The van der Waals surface area contributed by atoms with Crippen LogP contribution < -0.4 is 9.64 Å². The van der Waals surface area contributed by atoms with E-state index in [4.69, 9.17) is 9.84 Å². The quantitative estimate of drug-likeness (QED) is 0.804. The first-order chi connectivity index (χ1) is 11.9. The summed E-state index contributed by atoms with van der Waals surface area (Å²) in [4.78, 5) is 13.9. The molecule has 2 aliphatic rings. The van der Waals surface area contributed by atoms with Gasteiger partial charge in [-0.05, 0) is 38.8 Å². The van der Waals surface area contributed by atoms with E-state index in [0.717, 1.165) is 18.9 Å². The van der Waals surface area contributed by atoms with E-state index < -0.39 is 0 Å². The van der Waals surface area contributed by atoms with E-state index in [1.165, 1.54) is 51.6 Å². The van der Waals surface area contributed by atoms with Gasteiger partial charge in [-0.3, -0.25) is 9.88 Å². The number of aliphatic hydroxyl groups excluding tert-OH is 1. The average Bonchev–Trinajstić information content (AvgIpc) is 2.92. The highest BCUT2D eigenvalue weighted by Crippen LogP contribution is 2.24. The number of hydrogen-bond acceptors (Lipinski definition) is 6. The Labute approximate surface area is 144 Å². The van der Waals surface area contributed by atoms with Crippen LogP contribution in [0.2, 0.25) is 0 Å². The molecule has 2 saturated heterocycles. The van der Waals surface area contributed by atoms with Crippen molar-refractivity contribution in [3.63, 3.8) is 0 Å². The summed E-state index contributed by atoms with van der Waals surface area (Å²) >= 11 is 0. The molecule has 2 aliphatic heterocycles. The molecular weight excluding hydrogens is 304 g/mol. The predicted octanol–water partition coefficient (Wildman–Crippen LogP) is 2.08. The fraction of sp³-hybridized carbons (Fsp3) is 0.778. The van der Waals surface area contributed by atoms with E-state index in [9.17, 15) is 0 Å². The molecule has 0 radical (unpaired) electrons. The van der Waals surface area contributed by atoms with Crippen LogP contribution in [0.4, 0.5) is 5.82 Å². The topological polar surface area (TPSA) is 61.7 Å². The third-order valence-electron chi connectivity index (χ3n) is 5.03. The molecule has 6 nitrogen and oxygen atoms in total. The molecule has 0 aromatic carbocycles. The highest BCUT2D eigenvalue weighted by Gasteiger charge is 2.26. The van der Waals surface area contributed by atoms with Crippen molar-refractivity contribution in [3.8, 4) is 5.88 Å². The van der Waals surface area contributed by atoms with Crippen molar-refractivity contribution < 1.29 is 9.84 Å². The van der Waals surface area contributed by atoms with Crippen molar-refractivity contribution >= 4 is 5.82 Å². The number of aliphatic hydroxyl groups is 1. The van der Waals surface area contributed by atoms with E-state index in [0.29, 0.717) is 24.9 Å². The first kappa shape index (κ1) is 17.4. The zero-order valence-corrected chi connectivity index (χ0v) is 14.6. The standard InChI is InChI=1S/C18H30N4O2/c23-11-6-12-24-18-14-19-13-17(20-18)22-10-5-7-16(15-22)21-8-3-1-2-4-9-21/h13-14,16,23H,1-12,15H2/t16-/m0/s1. The molecule has 6 heteroatoms. The Morgan fingerprint density at radius 3 is 2.71 bits per heavy atom. The molecule has 3 heterocycles. The summed E-state index contributed by atoms with van der Waals surface area (Å²) in [5.74, 6) is 1.47. The average molecular weight is 334 g/mol. The Balaban J connectivity index is 1.60. The van der Waals surface area contributed by atoms with Crippen LogP contribution in [0, 0.1) is 0 Å². The second-order valence-electron chi connectivity index (χ2n) is 6.83. The van der Waals surface area contributed by atoms with Crippen LogP contribution in [0.5, 0.6) is 5.88 Å². The van der Waals surface area contributed by atoms with Crippen molar-refractivity contribution in [2.75, 3.05) is 44.3 Å². The molecule has 0 unspecified atom stereocenters. The smallest absolute Gasteiger partial charge is 0.234 e. The Kier molecular flexibility index (Phi) is 6.66. The highest BCUT2D eigenvalue weighted by atomic mass is 16.5. The lowest BCUT2D eigenvalue weighted by molar-refractivity contribution is 0.181. The van der Waals surface area contributed by atoms with Crippen molar-refractivity contribution in [1.82, 2.24) is 14.9 Å². The predicted molar refractivity (Wildman–Crippen MR) is 94.5 cm³/mol. The lowest BCUT2D eigenvalue weighted by atomic mass is 10.0. The number of anilines is 1. The van der Waals surface area contributed by atoms with Gasteiger partial charge in [0.15, 0.2) is 5.82 Å². The van der Waals surface area contributed by atoms with Gasteiger partial charge in [0.05, 0.1) is 19.0 Å². The van der Waals surface area contributed by atoms with Crippen molar-refractivity contribution in [1.29, 1.82) is 0 Å². The fourth-order valence-corrected chi connectivity index (χ4v) is 3.72. The van der Waals surface area contributed by atoms with Gasteiger partial charge in [0.1, 0.15) is 0 Å². The van der Waals surface area contributed by atoms with Gasteiger partial charge >= 0.3 is 0 Å². The van der Waals surface area contributed by atoms with Gasteiger partial charge in [0.2, 0.25) is 5.88 Å². The zero-order valence-electron chi connectivity index (χ0n) is 14.6. The molecule has 1 N–H and O–H groups in total. The molecule has 0 bridgehead atoms. The number of aromatic nitrogens is 2. The van der Waals surface area contributed by atoms with Gasteiger partial charge in [0.25, 0.3) is 0 Å². The van der Waals surface area contributed by atoms with Gasteiger partial charge in [0, 0.05) is 32.2 Å². The monoisotopic (exact) mass is 334 g/mol. The van der Waals surface area contributed by atoms with Gasteiger partial charge in [-0.25, -0.2) is 0 Å². The molecule has 0 spiro atoms. The zero-order chi connectivity index (χ0) is 16.6. The number of nitrogens with zero attached hydrogens (tertiary/aromatic N) is 4. The molecule has 0 amide bonds. The maximum atomic E-state index is 8.85. The minimum absolute atomic E-state index is 0.136. The van der Waals surface area contributed by atoms with Gasteiger partial charge in [-0.15, -0.1) is 0 Å². The van der Waals surface area contributed by atoms with Crippen LogP contribution in [-0.4, -0.2) is 65.4 Å². The Morgan fingerprint density at radius 1 is 1.08 bits per heavy atom. The van der Waals surface area contributed by atoms with Gasteiger partial charge in [-0.2, -0.15) is 4.98 Å². The third-order valence-corrected chi connectivity index (χ3v) is 5.03. The van der Waals surface area contributed by atoms with Crippen LogP contribution in [-0.2, 0) is 0 Å². The van der Waals surface area contributed by atoms with E-state index in [-0.39, 0.29) is 6.61 Å². The van der Waals surface area contributed by atoms with Crippen LogP contribution in [0.3, 0.4) is 0 Å².